The average molecular weight is 293 g/mol. The van der Waals surface area contributed by atoms with Gasteiger partial charge in [0.2, 0.25) is 0 Å². The largest absolute Gasteiger partial charge is 0.509 e. The molecule has 1 heterocycles. The van der Waals surface area contributed by atoms with Gasteiger partial charge in [0.1, 0.15) is 11.3 Å². The van der Waals surface area contributed by atoms with E-state index in [1.807, 2.05) is 0 Å². The summed E-state index contributed by atoms with van der Waals surface area (Å²) in [5, 5.41) is 9.56. The Labute approximate surface area is 125 Å². The Bertz CT molecular complexity index is 477. The standard InChI is InChI=1S/C16H23NO4/c1-3-4-5-6-7-8-9-10-14(20)17-11-13(19)15(12(2)18)16(17)21/h9-10,19H,3-8,11H2,1-2H3/b10-9+. The Balaban J connectivity index is 2.41. The molecule has 2 amide bonds. The van der Waals surface area contributed by atoms with Gasteiger partial charge in [0.05, 0.1) is 6.54 Å². The van der Waals surface area contributed by atoms with Crippen LogP contribution in [0.3, 0.4) is 0 Å². The highest BCUT2D eigenvalue weighted by atomic mass is 16.3. The van der Waals surface area contributed by atoms with Crippen LogP contribution in [0.25, 0.3) is 0 Å². The second kappa shape index (κ2) is 8.39. The number of aliphatic hydroxyl groups is 1. The molecule has 1 aliphatic rings. The number of aliphatic hydroxyl groups excluding tert-OH is 1. The number of hydrogen-bond acceptors (Lipinski definition) is 4. The van der Waals surface area contributed by atoms with Crippen molar-refractivity contribution in [3.63, 3.8) is 0 Å². The normalized spacial score (nSPS) is 15.3. The number of allylic oxidation sites excluding steroid dienone is 1. The SMILES string of the molecule is CCCCCCC/C=C/C(=O)N1CC(O)=C(C(C)=O)C1=O. The van der Waals surface area contributed by atoms with E-state index in [-0.39, 0.29) is 17.9 Å². The van der Waals surface area contributed by atoms with Gasteiger partial charge in [-0.1, -0.05) is 38.7 Å². The van der Waals surface area contributed by atoms with Crippen molar-refractivity contribution in [1.29, 1.82) is 0 Å². The Kier molecular flexibility index (Phi) is 6.85. The first-order valence-electron chi connectivity index (χ1n) is 7.44. The third-order valence-electron chi connectivity index (χ3n) is 3.41. The lowest BCUT2D eigenvalue weighted by molar-refractivity contribution is -0.138. The Morgan fingerprint density at radius 3 is 2.48 bits per heavy atom. The van der Waals surface area contributed by atoms with E-state index in [4.69, 9.17) is 0 Å². The molecule has 0 spiro atoms. The number of unbranched alkanes of at least 4 members (excludes halogenated alkanes) is 5. The highest BCUT2D eigenvalue weighted by Crippen LogP contribution is 2.18. The lowest BCUT2D eigenvalue weighted by Gasteiger charge is -2.10. The summed E-state index contributed by atoms with van der Waals surface area (Å²) in [7, 11) is 0. The van der Waals surface area contributed by atoms with Crippen molar-refractivity contribution in [1.82, 2.24) is 4.90 Å². The first-order valence-corrected chi connectivity index (χ1v) is 7.44. The third-order valence-corrected chi connectivity index (χ3v) is 3.41. The molecule has 0 bridgehead atoms. The number of rotatable bonds is 8. The van der Waals surface area contributed by atoms with E-state index < -0.39 is 17.6 Å². The minimum absolute atomic E-state index is 0.215. The number of Topliss-reactive ketones (excluding diaryl/α,β-unsaturated/α-hetero) is 1. The van der Waals surface area contributed by atoms with Gasteiger partial charge in [0.25, 0.3) is 11.8 Å². The summed E-state index contributed by atoms with van der Waals surface area (Å²) in [5.41, 5.74) is -0.281. The van der Waals surface area contributed by atoms with Crippen LogP contribution in [0.2, 0.25) is 0 Å². The van der Waals surface area contributed by atoms with Crippen molar-refractivity contribution >= 4 is 17.6 Å². The molecule has 0 saturated carbocycles. The highest BCUT2D eigenvalue weighted by Gasteiger charge is 2.35. The molecule has 0 aromatic rings. The van der Waals surface area contributed by atoms with Crippen LogP contribution in [0.15, 0.2) is 23.5 Å². The second-order valence-corrected chi connectivity index (χ2v) is 5.21. The summed E-state index contributed by atoms with van der Waals surface area (Å²) < 4.78 is 0. The summed E-state index contributed by atoms with van der Waals surface area (Å²) in [6.07, 6.45) is 9.63. The van der Waals surface area contributed by atoms with E-state index in [9.17, 15) is 19.5 Å². The van der Waals surface area contributed by atoms with Crippen molar-refractivity contribution in [2.24, 2.45) is 0 Å². The molecule has 5 nitrogen and oxygen atoms in total. The zero-order valence-corrected chi connectivity index (χ0v) is 12.7. The van der Waals surface area contributed by atoms with Gasteiger partial charge in [-0.25, -0.2) is 0 Å². The summed E-state index contributed by atoms with van der Waals surface area (Å²) in [5.74, 6) is -2.05. The van der Waals surface area contributed by atoms with Crippen LogP contribution < -0.4 is 0 Å². The number of carbonyl (C=O) groups is 3. The maximum atomic E-state index is 11.9. The smallest absolute Gasteiger partial charge is 0.268 e. The van der Waals surface area contributed by atoms with Crippen LogP contribution in [0.5, 0.6) is 0 Å². The molecule has 0 aromatic carbocycles. The molecule has 0 aromatic heterocycles. The van der Waals surface area contributed by atoms with Crippen LogP contribution in [-0.2, 0) is 14.4 Å². The molecule has 0 saturated heterocycles. The minimum atomic E-state index is -0.711. The number of imide groups is 1. The first kappa shape index (κ1) is 17.1. The summed E-state index contributed by atoms with van der Waals surface area (Å²) in [6.45, 7) is 3.14. The van der Waals surface area contributed by atoms with Crippen LogP contribution in [0.4, 0.5) is 0 Å². The van der Waals surface area contributed by atoms with Crippen LogP contribution in [0.1, 0.15) is 52.4 Å². The molecular formula is C16H23NO4. The zero-order valence-electron chi connectivity index (χ0n) is 12.7. The Morgan fingerprint density at radius 2 is 1.90 bits per heavy atom. The fourth-order valence-electron chi connectivity index (χ4n) is 2.23. The molecule has 5 heteroatoms. The number of carbonyl (C=O) groups excluding carboxylic acids is 3. The molecule has 0 fully saturated rings. The van der Waals surface area contributed by atoms with Crippen LogP contribution in [-0.4, -0.2) is 34.1 Å². The van der Waals surface area contributed by atoms with Gasteiger partial charge < -0.3 is 5.11 Å². The fourth-order valence-corrected chi connectivity index (χ4v) is 2.23. The predicted molar refractivity (Wildman–Crippen MR) is 79.6 cm³/mol. The van der Waals surface area contributed by atoms with E-state index in [0.29, 0.717) is 0 Å². The molecule has 116 valence electrons. The molecular weight excluding hydrogens is 270 g/mol. The van der Waals surface area contributed by atoms with Crippen molar-refractivity contribution in [2.75, 3.05) is 6.54 Å². The van der Waals surface area contributed by atoms with Gasteiger partial charge in [0, 0.05) is 0 Å². The van der Waals surface area contributed by atoms with Gasteiger partial charge in [0.15, 0.2) is 5.78 Å². The van der Waals surface area contributed by atoms with E-state index >= 15 is 0 Å². The van der Waals surface area contributed by atoms with Crippen molar-refractivity contribution in [3.8, 4) is 0 Å². The van der Waals surface area contributed by atoms with Gasteiger partial charge in [-0.05, 0) is 25.8 Å². The quantitative estimate of drug-likeness (QED) is 0.424. The average Bonchev–Trinajstić information content (AvgIpc) is 2.72. The third kappa shape index (κ3) is 4.85. The van der Waals surface area contributed by atoms with Crippen LogP contribution >= 0.6 is 0 Å². The second-order valence-electron chi connectivity index (χ2n) is 5.21. The van der Waals surface area contributed by atoms with Gasteiger partial charge in [-0.15, -0.1) is 0 Å². The molecule has 1 rings (SSSR count). The van der Waals surface area contributed by atoms with Crippen molar-refractivity contribution < 1.29 is 19.5 Å². The van der Waals surface area contributed by atoms with Gasteiger partial charge in [-0.3, -0.25) is 19.3 Å². The molecule has 0 atom stereocenters. The lowest BCUT2D eigenvalue weighted by Crippen LogP contribution is -2.33. The van der Waals surface area contributed by atoms with Gasteiger partial charge >= 0.3 is 0 Å². The summed E-state index contributed by atoms with van der Waals surface area (Å²) >= 11 is 0. The van der Waals surface area contributed by atoms with Gasteiger partial charge in [-0.2, -0.15) is 0 Å². The number of ketones is 1. The van der Waals surface area contributed by atoms with E-state index in [0.717, 1.165) is 24.2 Å². The molecule has 1 N–H and O–H groups in total. The summed E-state index contributed by atoms with van der Waals surface area (Å²) in [4.78, 5) is 35.8. The molecule has 0 unspecified atom stereocenters. The fraction of sp³-hybridized carbons (Fsp3) is 0.562. The number of amides is 2. The molecule has 0 radical (unpaired) electrons. The Hall–Kier alpha value is -1.91. The Morgan fingerprint density at radius 1 is 1.24 bits per heavy atom. The molecule has 21 heavy (non-hydrogen) atoms. The van der Waals surface area contributed by atoms with Crippen molar-refractivity contribution in [2.45, 2.75) is 52.4 Å². The maximum Gasteiger partial charge on any atom is 0.268 e. The number of hydrogen-bond donors (Lipinski definition) is 1. The van der Waals surface area contributed by atoms with Crippen molar-refractivity contribution in [3.05, 3.63) is 23.5 Å². The first-order chi connectivity index (χ1) is 9.99. The van der Waals surface area contributed by atoms with E-state index in [1.165, 1.54) is 32.3 Å². The number of nitrogens with zero attached hydrogens (tertiary/aromatic N) is 1. The van der Waals surface area contributed by atoms with E-state index in [2.05, 4.69) is 6.92 Å². The highest BCUT2D eigenvalue weighted by molar-refractivity contribution is 6.24. The maximum absolute atomic E-state index is 11.9. The predicted octanol–water partition coefficient (Wildman–Crippen LogP) is 2.67. The minimum Gasteiger partial charge on any atom is -0.509 e. The van der Waals surface area contributed by atoms with E-state index in [1.54, 1.807) is 6.08 Å². The molecule has 1 aliphatic heterocycles. The molecule has 0 aliphatic carbocycles. The summed E-state index contributed by atoms with van der Waals surface area (Å²) in [6, 6.07) is 0. The topological polar surface area (TPSA) is 74.7 Å². The monoisotopic (exact) mass is 293 g/mol. The zero-order chi connectivity index (χ0) is 15.8. The lowest BCUT2D eigenvalue weighted by atomic mass is 10.1. The van der Waals surface area contributed by atoms with Crippen LogP contribution in [0, 0.1) is 0 Å².